The highest BCUT2D eigenvalue weighted by atomic mass is 32.1. The molecule has 1 amide bonds. The van der Waals surface area contributed by atoms with Crippen molar-refractivity contribution in [3.63, 3.8) is 0 Å². The minimum atomic E-state index is -2.63. The van der Waals surface area contributed by atoms with Gasteiger partial charge in [0.1, 0.15) is 10.8 Å². The lowest BCUT2D eigenvalue weighted by atomic mass is 9.90. The molecule has 0 spiro atoms. The number of pyridine rings is 1. The van der Waals surface area contributed by atoms with E-state index in [0.29, 0.717) is 16.9 Å². The topological polar surface area (TPSA) is 71.0 Å². The average molecular weight is 393 g/mol. The third-order valence-electron chi connectivity index (χ3n) is 4.98. The van der Waals surface area contributed by atoms with Crippen molar-refractivity contribution in [2.45, 2.75) is 50.4 Å². The predicted octanol–water partition coefficient (Wildman–Crippen LogP) is 3.62. The normalized spacial score (nSPS) is 19.6. The molecule has 1 N–H and O–H groups in total. The standard InChI is InChI=1S/C18H21F2N5OS/c19-18(20)10-25(11-18)14-7-6-12(9-21-14)8-15(26)22-17-24-23-16(27-17)13-4-2-1-3-5-13/h6-7,9,13H,1-5,8,10-11H2,(H,22,24,26). The first-order valence-corrected chi connectivity index (χ1v) is 10.0. The van der Waals surface area contributed by atoms with Gasteiger partial charge in [0.25, 0.3) is 5.92 Å². The molecular formula is C18H21F2N5OS. The Kier molecular flexibility index (Phi) is 5.03. The van der Waals surface area contributed by atoms with Crippen molar-refractivity contribution in [1.29, 1.82) is 0 Å². The summed E-state index contributed by atoms with van der Waals surface area (Å²) in [6.07, 6.45) is 7.73. The highest BCUT2D eigenvalue weighted by Gasteiger charge is 2.44. The van der Waals surface area contributed by atoms with Crippen molar-refractivity contribution in [3.05, 3.63) is 28.9 Å². The Morgan fingerprint density at radius 1 is 1.22 bits per heavy atom. The lowest BCUT2D eigenvalue weighted by Crippen LogP contribution is -2.56. The smallest absolute Gasteiger partial charge is 0.282 e. The minimum absolute atomic E-state index is 0.155. The summed E-state index contributed by atoms with van der Waals surface area (Å²) < 4.78 is 25.8. The van der Waals surface area contributed by atoms with E-state index in [-0.39, 0.29) is 25.4 Å². The summed E-state index contributed by atoms with van der Waals surface area (Å²) in [5.74, 6) is -1.84. The number of alkyl halides is 2. The van der Waals surface area contributed by atoms with E-state index in [1.165, 1.54) is 35.5 Å². The number of amides is 1. The molecule has 0 atom stereocenters. The van der Waals surface area contributed by atoms with Gasteiger partial charge in [-0.25, -0.2) is 13.8 Å². The van der Waals surface area contributed by atoms with Crippen molar-refractivity contribution in [2.24, 2.45) is 0 Å². The fraction of sp³-hybridized carbons (Fsp3) is 0.556. The molecule has 2 aromatic heterocycles. The van der Waals surface area contributed by atoms with Crippen LogP contribution < -0.4 is 10.2 Å². The molecule has 4 rings (SSSR count). The molecule has 0 aromatic carbocycles. The zero-order chi connectivity index (χ0) is 18.9. The van der Waals surface area contributed by atoms with E-state index in [4.69, 9.17) is 0 Å². The molecule has 6 nitrogen and oxygen atoms in total. The Labute approximate surface area is 160 Å². The second-order valence-electron chi connectivity index (χ2n) is 7.24. The summed E-state index contributed by atoms with van der Waals surface area (Å²) in [6.45, 7) is -0.611. The van der Waals surface area contributed by atoms with Crippen LogP contribution in [-0.4, -0.2) is 40.1 Å². The maximum absolute atomic E-state index is 12.9. The van der Waals surface area contributed by atoms with Crippen molar-refractivity contribution in [2.75, 3.05) is 23.3 Å². The van der Waals surface area contributed by atoms with E-state index in [9.17, 15) is 13.6 Å². The summed E-state index contributed by atoms with van der Waals surface area (Å²) >= 11 is 1.45. The molecule has 0 unspecified atom stereocenters. The maximum atomic E-state index is 12.9. The molecule has 1 saturated carbocycles. The average Bonchev–Trinajstić information content (AvgIpc) is 3.09. The molecule has 0 bridgehead atoms. The van der Waals surface area contributed by atoms with Crippen LogP contribution >= 0.6 is 11.3 Å². The van der Waals surface area contributed by atoms with Crippen LogP contribution in [0.1, 0.15) is 48.6 Å². The molecule has 0 radical (unpaired) electrons. The number of nitrogens with zero attached hydrogens (tertiary/aromatic N) is 4. The Morgan fingerprint density at radius 3 is 2.67 bits per heavy atom. The van der Waals surface area contributed by atoms with Gasteiger partial charge in [0.15, 0.2) is 0 Å². The number of anilines is 2. The van der Waals surface area contributed by atoms with Crippen LogP contribution in [-0.2, 0) is 11.2 Å². The van der Waals surface area contributed by atoms with Crippen molar-refractivity contribution < 1.29 is 13.6 Å². The van der Waals surface area contributed by atoms with E-state index < -0.39 is 5.92 Å². The summed E-state index contributed by atoms with van der Waals surface area (Å²) in [5.41, 5.74) is 0.723. The Morgan fingerprint density at radius 2 is 2.00 bits per heavy atom. The number of nitrogens with one attached hydrogen (secondary N) is 1. The van der Waals surface area contributed by atoms with Gasteiger partial charge in [-0.1, -0.05) is 36.7 Å². The largest absolute Gasteiger partial charge is 0.344 e. The molecule has 1 aliphatic heterocycles. The third-order valence-corrected chi connectivity index (χ3v) is 5.98. The van der Waals surface area contributed by atoms with E-state index in [2.05, 4.69) is 20.5 Å². The molecule has 2 aliphatic rings. The van der Waals surface area contributed by atoms with Crippen LogP contribution in [0.4, 0.5) is 19.7 Å². The van der Waals surface area contributed by atoms with Crippen LogP contribution in [0.2, 0.25) is 0 Å². The molecule has 9 heteroatoms. The lowest BCUT2D eigenvalue weighted by molar-refractivity contribution is -0.115. The number of halogens is 2. The molecule has 2 aromatic rings. The van der Waals surface area contributed by atoms with Gasteiger partial charge in [-0.15, -0.1) is 10.2 Å². The van der Waals surface area contributed by atoms with Crippen LogP contribution in [0.5, 0.6) is 0 Å². The summed E-state index contributed by atoms with van der Waals surface area (Å²) in [6, 6.07) is 3.41. The first kappa shape index (κ1) is 18.2. The van der Waals surface area contributed by atoms with Crippen LogP contribution in [0.25, 0.3) is 0 Å². The van der Waals surface area contributed by atoms with E-state index in [1.807, 2.05) is 0 Å². The minimum Gasteiger partial charge on any atom is -0.344 e. The fourth-order valence-electron chi connectivity index (χ4n) is 3.53. The molecule has 3 heterocycles. The second kappa shape index (κ2) is 7.46. The fourth-order valence-corrected chi connectivity index (χ4v) is 4.46. The number of hydrogen-bond acceptors (Lipinski definition) is 6. The number of carbonyl (C=O) groups excluding carboxylic acids is 1. The van der Waals surface area contributed by atoms with Gasteiger partial charge >= 0.3 is 0 Å². The molecule has 27 heavy (non-hydrogen) atoms. The number of rotatable bonds is 5. The van der Waals surface area contributed by atoms with Crippen molar-refractivity contribution >= 4 is 28.2 Å². The van der Waals surface area contributed by atoms with Gasteiger partial charge in [0.2, 0.25) is 11.0 Å². The number of aromatic nitrogens is 3. The summed E-state index contributed by atoms with van der Waals surface area (Å²) in [4.78, 5) is 17.9. The Bertz CT molecular complexity index is 796. The molecular weight excluding hydrogens is 372 g/mol. The zero-order valence-corrected chi connectivity index (χ0v) is 15.6. The van der Waals surface area contributed by atoms with E-state index >= 15 is 0 Å². The van der Waals surface area contributed by atoms with Gasteiger partial charge in [-0.05, 0) is 24.5 Å². The monoisotopic (exact) mass is 393 g/mol. The van der Waals surface area contributed by atoms with Gasteiger partial charge in [0.05, 0.1) is 19.5 Å². The van der Waals surface area contributed by atoms with Crippen LogP contribution in [0.3, 0.4) is 0 Å². The maximum Gasteiger partial charge on any atom is 0.282 e. The quantitative estimate of drug-likeness (QED) is 0.840. The van der Waals surface area contributed by atoms with Gasteiger partial charge in [-0.2, -0.15) is 0 Å². The molecule has 2 fully saturated rings. The summed E-state index contributed by atoms with van der Waals surface area (Å²) in [5, 5.41) is 12.6. The van der Waals surface area contributed by atoms with E-state index in [1.54, 1.807) is 18.3 Å². The zero-order valence-electron chi connectivity index (χ0n) is 14.8. The van der Waals surface area contributed by atoms with Crippen molar-refractivity contribution in [3.8, 4) is 0 Å². The summed E-state index contributed by atoms with van der Waals surface area (Å²) in [7, 11) is 0. The highest BCUT2D eigenvalue weighted by Crippen LogP contribution is 2.35. The number of carbonyl (C=O) groups is 1. The first-order chi connectivity index (χ1) is 13.0. The van der Waals surface area contributed by atoms with Crippen LogP contribution in [0, 0.1) is 0 Å². The third kappa shape index (κ3) is 4.40. The second-order valence-corrected chi connectivity index (χ2v) is 8.25. The van der Waals surface area contributed by atoms with Gasteiger partial charge in [0, 0.05) is 12.1 Å². The molecule has 1 aliphatic carbocycles. The van der Waals surface area contributed by atoms with Gasteiger partial charge in [-0.3, -0.25) is 4.79 Å². The van der Waals surface area contributed by atoms with Crippen LogP contribution in [0.15, 0.2) is 18.3 Å². The number of hydrogen-bond donors (Lipinski definition) is 1. The first-order valence-electron chi connectivity index (χ1n) is 9.19. The SMILES string of the molecule is O=C(Cc1ccc(N2CC(F)(F)C2)nc1)Nc1nnc(C2CCCCC2)s1. The Balaban J connectivity index is 1.30. The van der Waals surface area contributed by atoms with Gasteiger partial charge < -0.3 is 10.2 Å². The van der Waals surface area contributed by atoms with E-state index in [0.717, 1.165) is 23.4 Å². The highest BCUT2D eigenvalue weighted by molar-refractivity contribution is 7.15. The Hall–Kier alpha value is -2.16. The lowest BCUT2D eigenvalue weighted by Gasteiger charge is -2.39. The predicted molar refractivity (Wildman–Crippen MR) is 99.5 cm³/mol. The molecule has 1 saturated heterocycles. The van der Waals surface area contributed by atoms with Crippen molar-refractivity contribution in [1.82, 2.24) is 15.2 Å². The molecule has 144 valence electrons.